The minimum absolute atomic E-state index is 0.0276. The van der Waals surface area contributed by atoms with Crippen LogP contribution >= 0.6 is 22.9 Å². The van der Waals surface area contributed by atoms with Gasteiger partial charge in [-0.1, -0.05) is 41.9 Å². The number of nitrogens with one attached hydrogen (secondary N) is 1. The summed E-state index contributed by atoms with van der Waals surface area (Å²) < 4.78 is 0. The van der Waals surface area contributed by atoms with Crippen molar-refractivity contribution in [1.82, 2.24) is 4.98 Å². The van der Waals surface area contributed by atoms with Crippen LogP contribution in [-0.2, 0) is 17.9 Å². The number of aromatic nitrogens is 1. The summed E-state index contributed by atoms with van der Waals surface area (Å²) in [5.41, 5.74) is 5.29. The van der Waals surface area contributed by atoms with Gasteiger partial charge in [-0.3, -0.25) is 9.69 Å². The molecule has 0 spiro atoms. The highest BCUT2D eigenvalue weighted by molar-refractivity contribution is 7.14. The highest BCUT2D eigenvalue weighted by Gasteiger charge is 2.22. The van der Waals surface area contributed by atoms with Crippen molar-refractivity contribution in [3.05, 3.63) is 75.3 Å². The van der Waals surface area contributed by atoms with Crippen molar-refractivity contribution in [3.63, 3.8) is 0 Å². The van der Waals surface area contributed by atoms with Crippen molar-refractivity contribution in [2.24, 2.45) is 0 Å². The van der Waals surface area contributed by atoms with Crippen LogP contribution in [0.5, 0.6) is 0 Å². The highest BCUT2D eigenvalue weighted by Crippen LogP contribution is 2.33. The molecule has 1 atom stereocenters. The number of carbonyl (C=O) groups excluding carboxylic acids is 1. The third-order valence-electron chi connectivity index (χ3n) is 4.61. The molecule has 0 aliphatic rings. The normalized spacial score (nSPS) is 12.0. The average molecular weight is 415 g/mol. The van der Waals surface area contributed by atoms with Crippen LogP contribution < -0.4 is 9.80 Å². The number of benzene rings is 2. The van der Waals surface area contributed by atoms with Crippen molar-refractivity contribution >= 4 is 39.7 Å². The SMILES string of the molecule is CC(=O)N(c1nc(C[NH+](C)Cc2ccc(Cl)cc2)cs1)c1c(C)cccc1C. The predicted molar refractivity (Wildman–Crippen MR) is 117 cm³/mol. The van der Waals surface area contributed by atoms with Crippen molar-refractivity contribution in [2.75, 3.05) is 11.9 Å². The zero-order valence-corrected chi connectivity index (χ0v) is 18.2. The van der Waals surface area contributed by atoms with E-state index in [1.54, 1.807) is 11.8 Å². The Labute approximate surface area is 175 Å². The van der Waals surface area contributed by atoms with Gasteiger partial charge in [0.05, 0.1) is 12.7 Å². The summed E-state index contributed by atoms with van der Waals surface area (Å²) in [7, 11) is 2.14. The molecule has 3 rings (SSSR count). The van der Waals surface area contributed by atoms with E-state index in [1.807, 2.05) is 49.6 Å². The van der Waals surface area contributed by atoms with Gasteiger partial charge in [-0.15, -0.1) is 11.3 Å². The minimum atomic E-state index is -0.0276. The Bertz CT molecular complexity index is 948. The van der Waals surface area contributed by atoms with Crippen molar-refractivity contribution in [3.8, 4) is 0 Å². The summed E-state index contributed by atoms with van der Waals surface area (Å²) in [6.07, 6.45) is 0. The number of quaternary nitrogens is 1. The van der Waals surface area contributed by atoms with Gasteiger partial charge in [0.25, 0.3) is 0 Å². The first-order chi connectivity index (χ1) is 13.3. The van der Waals surface area contributed by atoms with E-state index in [9.17, 15) is 4.79 Å². The molecule has 4 nitrogen and oxygen atoms in total. The third-order valence-corrected chi connectivity index (χ3v) is 5.74. The van der Waals surface area contributed by atoms with Crippen molar-refractivity contribution < 1.29 is 9.69 Å². The van der Waals surface area contributed by atoms with Gasteiger partial charge in [0.1, 0.15) is 18.8 Å². The van der Waals surface area contributed by atoms with Crippen LogP contribution in [0.15, 0.2) is 47.8 Å². The summed E-state index contributed by atoms with van der Waals surface area (Å²) in [6.45, 7) is 7.31. The summed E-state index contributed by atoms with van der Waals surface area (Å²) in [4.78, 5) is 20.2. The molecule has 1 N–H and O–H groups in total. The van der Waals surface area contributed by atoms with Crippen LogP contribution in [0, 0.1) is 13.8 Å². The number of nitrogens with zero attached hydrogens (tertiary/aromatic N) is 2. The maximum Gasteiger partial charge on any atom is 0.230 e. The number of amides is 1. The molecule has 0 bridgehead atoms. The molecule has 0 aliphatic heterocycles. The van der Waals surface area contributed by atoms with Crippen LogP contribution in [0.1, 0.15) is 29.3 Å². The Morgan fingerprint density at radius 1 is 1.11 bits per heavy atom. The molecule has 146 valence electrons. The minimum Gasteiger partial charge on any atom is -0.329 e. The molecule has 0 saturated heterocycles. The number of anilines is 2. The van der Waals surface area contributed by atoms with Gasteiger partial charge in [-0.25, -0.2) is 4.98 Å². The Morgan fingerprint density at radius 2 is 1.75 bits per heavy atom. The lowest BCUT2D eigenvalue weighted by atomic mass is 10.1. The van der Waals surface area contributed by atoms with Gasteiger partial charge >= 0.3 is 0 Å². The highest BCUT2D eigenvalue weighted by atomic mass is 35.5. The van der Waals surface area contributed by atoms with Crippen LogP contribution in [0.25, 0.3) is 0 Å². The largest absolute Gasteiger partial charge is 0.329 e. The Hall–Kier alpha value is -2.21. The molecular formula is C22H25ClN3OS+. The molecule has 1 amide bonds. The first kappa shape index (κ1) is 20.5. The number of carbonyl (C=O) groups is 1. The zero-order chi connectivity index (χ0) is 20.3. The molecule has 0 aliphatic carbocycles. The molecular weight excluding hydrogens is 390 g/mol. The van der Waals surface area contributed by atoms with Crippen LogP contribution in [0.2, 0.25) is 5.02 Å². The van der Waals surface area contributed by atoms with E-state index in [0.29, 0.717) is 0 Å². The van der Waals surface area contributed by atoms with Crippen molar-refractivity contribution in [1.29, 1.82) is 0 Å². The predicted octanol–water partition coefficient (Wildman–Crippen LogP) is 4.31. The van der Waals surface area contributed by atoms with E-state index in [2.05, 4.69) is 19.2 Å². The number of para-hydroxylation sites is 1. The average Bonchev–Trinajstić information content (AvgIpc) is 3.07. The fraction of sp³-hybridized carbons (Fsp3) is 0.273. The lowest BCUT2D eigenvalue weighted by Crippen LogP contribution is -3.06. The van der Waals surface area contributed by atoms with E-state index in [0.717, 1.165) is 45.8 Å². The first-order valence-electron chi connectivity index (χ1n) is 9.22. The summed E-state index contributed by atoms with van der Waals surface area (Å²) >= 11 is 7.47. The summed E-state index contributed by atoms with van der Waals surface area (Å²) in [5.74, 6) is -0.0276. The topological polar surface area (TPSA) is 37.6 Å². The number of hydrogen-bond donors (Lipinski definition) is 1. The maximum absolute atomic E-state index is 12.4. The Morgan fingerprint density at radius 3 is 2.36 bits per heavy atom. The van der Waals surface area contributed by atoms with Gasteiger partial charge in [-0.2, -0.15) is 0 Å². The fourth-order valence-corrected chi connectivity index (χ4v) is 4.35. The van der Waals surface area contributed by atoms with Gasteiger partial charge < -0.3 is 4.90 Å². The monoisotopic (exact) mass is 414 g/mol. The molecule has 1 aromatic heterocycles. The number of hydrogen-bond acceptors (Lipinski definition) is 3. The smallest absolute Gasteiger partial charge is 0.230 e. The standard InChI is InChI=1S/C22H24ClN3OS/c1-15-6-5-7-16(2)21(15)26(17(3)27)22-24-20(14-28-22)13-25(4)12-18-8-10-19(23)11-9-18/h5-11,14H,12-13H2,1-4H3/p+1. The zero-order valence-electron chi connectivity index (χ0n) is 16.6. The van der Waals surface area contributed by atoms with Gasteiger partial charge in [0.15, 0.2) is 5.13 Å². The number of halogens is 1. The molecule has 0 radical (unpaired) electrons. The van der Waals surface area contributed by atoms with Crippen LogP contribution in [-0.4, -0.2) is 17.9 Å². The molecule has 3 aromatic rings. The molecule has 1 unspecified atom stereocenters. The van der Waals surface area contributed by atoms with Gasteiger partial charge in [0.2, 0.25) is 5.91 Å². The second-order valence-corrected chi connectivity index (χ2v) is 8.43. The van der Waals surface area contributed by atoms with Crippen molar-refractivity contribution in [2.45, 2.75) is 33.9 Å². The Balaban J connectivity index is 1.77. The molecule has 28 heavy (non-hydrogen) atoms. The summed E-state index contributed by atoms with van der Waals surface area (Å²) in [6, 6.07) is 14.0. The lowest BCUT2D eigenvalue weighted by molar-refractivity contribution is -0.908. The van der Waals surface area contributed by atoms with E-state index >= 15 is 0 Å². The Kier molecular flexibility index (Phi) is 6.50. The second-order valence-electron chi connectivity index (χ2n) is 7.15. The van der Waals surface area contributed by atoms with Gasteiger partial charge in [-0.05, 0) is 37.1 Å². The molecule has 2 aromatic carbocycles. The van der Waals surface area contributed by atoms with E-state index in [1.165, 1.54) is 21.8 Å². The number of rotatable bonds is 6. The molecule has 6 heteroatoms. The van der Waals surface area contributed by atoms with Gasteiger partial charge in [0, 0.05) is 22.9 Å². The number of aryl methyl sites for hydroxylation is 2. The van der Waals surface area contributed by atoms with E-state index in [4.69, 9.17) is 16.6 Å². The molecule has 0 fully saturated rings. The van der Waals surface area contributed by atoms with Crippen LogP contribution in [0.3, 0.4) is 0 Å². The maximum atomic E-state index is 12.4. The molecule has 1 heterocycles. The van der Waals surface area contributed by atoms with E-state index in [-0.39, 0.29) is 5.91 Å². The van der Waals surface area contributed by atoms with Crippen LogP contribution in [0.4, 0.5) is 10.8 Å². The fourth-order valence-electron chi connectivity index (χ4n) is 3.35. The first-order valence-corrected chi connectivity index (χ1v) is 10.5. The summed E-state index contributed by atoms with van der Waals surface area (Å²) in [5, 5.41) is 3.52. The quantitative estimate of drug-likeness (QED) is 0.652. The third kappa shape index (κ3) is 4.79. The molecule has 0 saturated carbocycles. The second kappa shape index (κ2) is 8.86. The lowest BCUT2D eigenvalue weighted by Gasteiger charge is -2.22. The van der Waals surface area contributed by atoms with E-state index < -0.39 is 0 Å². The number of thiazole rings is 1.